The quantitative estimate of drug-likeness (QED) is 0.793. The van der Waals surface area contributed by atoms with Gasteiger partial charge in [0.1, 0.15) is 0 Å². The van der Waals surface area contributed by atoms with Crippen molar-refractivity contribution >= 4 is 10.0 Å². The number of hydrogen-bond acceptors (Lipinski definition) is 3. The summed E-state index contributed by atoms with van der Waals surface area (Å²) in [6.45, 7) is 13.5. The van der Waals surface area contributed by atoms with Gasteiger partial charge in [-0.3, -0.25) is 0 Å². The van der Waals surface area contributed by atoms with Gasteiger partial charge < -0.3 is 5.32 Å². The first kappa shape index (κ1) is 17.9. The Balaban J connectivity index is 2.58. The first-order chi connectivity index (χ1) is 8.91. The Bertz CT molecular complexity index is 398. The van der Waals surface area contributed by atoms with E-state index in [2.05, 4.69) is 37.7 Å². The van der Waals surface area contributed by atoms with Crippen LogP contribution in [0.25, 0.3) is 0 Å². The lowest BCUT2D eigenvalue weighted by molar-refractivity contribution is 0.0934. The zero-order chi connectivity index (χ0) is 15.6. The molecule has 0 saturated heterocycles. The highest BCUT2D eigenvalue weighted by Gasteiger charge is 2.39. The zero-order valence-corrected chi connectivity index (χ0v) is 14.7. The van der Waals surface area contributed by atoms with Crippen molar-refractivity contribution in [3.8, 4) is 0 Å². The highest BCUT2D eigenvalue weighted by Crippen LogP contribution is 2.45. The van der Waals surface area contributed by atoms with E-state index in [0.29, 0.717) is 12.6 Å². The van der Waals surface area contributed by atoms with Crippen molar-refractivity contribution in [3.05, 3.63) is 0 Å². The van der Waals surface area contributed by atoms with Gasteiger partial charge in [-0.15, -0.1) is 0 Å². The van der Waals surface area contributed by atoms with Crippen LogP contribution >= 0.6 is 0 Å². The fourth-order valence-electron chi connectivity index (χ4n) is 3.72. The van der Waals surface area contributed by atoms with Crippen LogP contribution in [-0.2, 0) is 10.0 Å². The Kier molecular flexibility index (Phi) is 5.67. The molecule has 20 heavy (non-hydrogen) atoms. The minimum absolute atomic E-state index is 0.0674. The Morgan fingerprint density at radius 2 is 1.60 bits per heavy atom. The van der Waals surface area contributed by atoms with Gasteiger partial charge in [-0.25, -0.2) is 13.1 Å². The lowest BCUT2D eigenvalue weighted by atomic mass is 9.64. The first-order valence-corrected chi connectivity index (χ1v) is 9.29. The van der Waals surface area contributed by atoms with Crippen LogP contribution < -0.4 is 10.0 Å². The van der Waals surface area contributed by atoms with Gasteiger partial charge in [-0.1, -0.05) is 41.5 Å². The normalized spacial score (nSPS) is 23.1. The van der Waals surface area contributed by atoms with Crippen LogP contribution in [0, 0.1) is 10.8 Å². The van der Waals surface area contributed by atoms with Crippen molar-refractivity contribution in [1.29, 1.82) is 0 Å². The summed E-state index contributed by atoms with van der Waals surface area (Å²) in [5, 5.41) is 3.15. The van der Waals surface area contributed by atoms with Crippen molar-refractivity contribution in [3.63, 3.8) is 0 Å². The van der Waals surface area contributed by atoms with Crippen LogP contribution in [-0.4, -0.2) is 32.8 Å². The molecule has 1 aliphatic carbocycles. The standard InChI is InChI=1S/C15H32N2O2S/c1-12(2)16-7-8-20(18,19)17-13-9-14(3,4)11-15(5,6)10-13/h12-13,16-17H,7-11H2,1-6H3. The molecule has 0 aromatic carbocycles. The molecule has 0 spiro atoms. The summed E-state index contributed by atoms with van der Waals surface area (Å²) >= 11 is 0. The third-order valence-corrected chi connectivity index (χ3v) is 5.26. The first-order valence-electron chi connectivity index (χ1n) is 7.64. The molecule has 1 saturated carbocycles. The maximum Gasteiger partial charge on any atom is 0.213 e. The van der Waals surface area contributed by atoms with Crippen LogP contribution in [0.3, 0.4) is 0 Å². The van der Waals surface area contributed by atoms with Gasteiger partial charge in [0, 0.05) is 18.6 Å². The summed E-state index contributed by atoms with van der Waals surface area (Å²) in [5.74, 6) is 0.155. The molecule has 1 rings (SSSR count). The summed E-state index contributed by atoms with van der Waals surface area (Å²) < 4.78 is 27.2. The lowest BCUT2D eigenvalue weighted by Crippen LogP contribution is -2.47. The second kappa shape index (κ2) is 6.32. The average molecular weight is 305 g/mol. The SMILES string of the molecule is CC(C)NCCS(=O)(=O)NC1CC(C)(C)CC(C)(C)C1. The maximum atomic E-state index is 12.2. The zero-order valence-electron chi connectivity index (χ0n) is 13.9. The number of rotatable bonds is 6. The average Bonchev–Trinajstić information content (AvgIpc) is 2.08. The molecule has 0 bridgehead atoms. The minimum Gasteiger partial charge on any atom is -0.313 e. The van der Waals surface area contributed by atoms with Crippen LogP contribution in [0.15, 0.2) is 0 Å². The second-order valence-corrected chi connectivity index (χ2v) is 10.0. The molecule has 4 nitrogen and oxygen atoms in total. The van der Waals surface area contributed by atoms with E-state index in [1.807, 2.05) is 13.8 Å². The van der Waals surface area contributed by atoms with Gasteiger partial charge in [0.05, 0.1) is 5.75 Å². The van der Waals surface area contributed by atoms with Gasteiger partial charge in [0.2, 0.25) is 10.0 Å². The fraction of sp³-hybridized carbons (Fsp3) is 1.00. The van der Waals surface area contributed by atoms with Crippen LogP contribution in [0.5, 0.6) is 0 Å². The molecule has 0 aromatic rings. The lowest BCUT2D eigenvalue weighted by Gasteiger charge is -2.45. The molecule has 5 heteroatoms. The van der Waals surface area contributed by atoms with E-state index in [0.717, 1.165) is 19.3 Å². The van der Waals surface area contributed by atoms with E-state index < -0.39 is 10.0 Å². The van der Waals surface area contributed by atoms with Crippen molar-refractivity contribution in [2.24, 2.45) is 10.8 Å². The Labute approximate surface area is 125 Å². The van der Waals surface area contributed by atoms with Crippen LogP contribution in [0.2, 0.25) is 0 Å². The highest BCUT2D eigenvalue weighted by atomic mass is 32.2. The van der Waals surface area contributed by atoms with Crippen LogP contribution in [0.1, 0.15) is 60.8 Å². The number of hydrogen-bond donors (Lipinski definition) is 2. The van der Waals surface area contributed by atoms with Crippen molar-refractivity contribution in [2.75, 3.05) is 12.3 Å². The molecule has 0 atom stereocenters. The Morgan fingerprint density at radius 1 is 1.10 bits per heavy atom. The van der Waals surface area contributed by atoms with Gasteiger partial charge in [-0.2, -0.15) is 0 Å². The third kappa shape index (κ3) is 6.55. The second-order valence-electron chi connectivity index (χ2n) is 8.16. The molecular weight excluding hydrogens is 272 g/mol. The number of nitrogens with one attached hydrogen (secondary N) is 2. The summed E-state index contributed by atoms with van der Waals surface area (Å²) in [5.41, 5.74) is 0.399. The molecule has 120 valence electrons. The van der Waals surface area contributed by atoms with Crippen LogP contribution in [0.4, 0.5) is 0 Å². The maximum absolute atomic E-state index is 12.2. The number of sulfonamides is 1. The van der Waals surface area contributed by atoms with Crippen molar-refractivity contribution in [2.45, 2.75) is 72.9 Å². The molecule has 0 heterocycles. The van der Waals surface area contributed by atoms with Crippen molar-refractivity contribution in [1.82, 2.24) is 10.0 Å². The van der Waals surface area contributed by atoms with E-state index in [1.165, 1.54) is 0 Å². The molecule has 0 radical (unpaired) electrons. The Hall–Kier alpha value is -0.130. The predicted octanol–water partition coefficient (Wildman–Crippen LogP) is 2.51. The van der Waals surface area contributed by atoms with Gasteiger partial charge in [0.15, 0.2) is 0 Å². The Morgan fingerprint density at radius 3 is 2.05 bits per heavy atom. The van der Waals surface area contributed by atoms with Gasteiger partial charge in [0.25, 0.3) is 0 Å². The predicted molar refractivity (Wildman–Crippen MR) is 85.3 cm³/mol. The third-order valence-electron chi connectivity index (χ3n) is 3.82. The molecule has 0 aromatic heterocycles. The molecule has 0 unspecified atom stereocenters. The highest BCUT2D eigenvalue weighted by molar-refractivity contribution is 7.89. The topological polar surface area (TPSA) is 58.2 Å². The molecular formula is C15H32N2O2S. The smallest absolute Gasteiger partial charge is 0.213 e. The monoisotopic (exact) mass is 304 g/mol. The van der Waals surface area contributed by atoms with E-state index in [4.69, 9.17) is 0 Å². The largest absolute Gasteiger partial charge is 0.313 e. The van der Waals surface area contributed by atoms with E-state index in [1.54, 1.807) is 0 Å². The fourth-order valence-corrected chi connectivity index (χ4v) is 4.90. The summed E-state index contributed by atoms with van der Waals surface area (Å²) in [6.07, 6.45) is 2.99. The molecule has 2 N–H and O–H groups in total. The van der Waals surface area contributed by atoms with E-state index >= 15 is 0 Å². The van der Waals surface area contributed by atoms with Crippen molar-refractivity contribution < 1.29 is 8.42 Å². The minimum atomic E-state index is -3.19. The van der Waals surface area contributed by atoms with E-state index in [9.17, 15) is 8.42 Å². The molecule has 0 aliphatic heterocycles. The molecule has 1 aliphatic rings. The van der Waals surface area contributed by atoms with E-state index in [-0.39, 0.29) is 22.6 Å². The summed E-state index contributed by atoms with van der Waals surface area (Å²) in [6, 6.07) is 0.385. The summed E-state index contributed by atoms with van der Waals surface area (Å²) in [7, 11) is -3.19. The molecule has 1 fully saturated rings. The van der Waals surface area contributed by atoms with Gasteiger partial charge in [-0.05, 0) is 30.1 Å². The van der Waals surface area contributed by atoms with Gasteiger partial charge >= 0.3 is 0 Å². The molecule has 0 amide bonds. The summed E-state index contributed by atoms with van der Waals surface area (Å²) in [4.78, 5) is 0.